The predicted molar refractivity (Wildman–Crippen MR) is 86.2 cm³/mol. The summed E-state index contributed by atoms with van der Waals surface area (Å²) in [5.41, 5.74) is 5.92. The summed E-state index contributed by atoms with van der Waals surface area (Å²) in [6.45, 7) is 0. The lowest BCUT2D eigenvalue weighted by Crippen LogP contribution is -2.29. The lowest BCUT2D eigenvalue weighted by Gasteiger charge is -2.30. The van der Waals surface area contributed by atoms with Crippen molar-refractivity contribution < 1.29 is 14.3 Å². The van der Waals surface area contributed by atoms with Crippen LogP contribution >= 0.6 is 0 Å². The van der Waals surface area contributed by atoms with Crippen molar-refractivity contribution in [2.45, 2.75) is 31.4 Å². The van der Waals surface area contributed by atoms with E-state index in [1.807, 2.05) is 0 Å². The molecule has 8 nitrogen and oxygen atoms in total. The highest BCUT2D eigenvalue weighted by Gasteiger charge is 2.32. The molecule has 1 aliphatic rings. The van der Waals surface area contributed by atoms with Gasteiger partial charge < -0.3 is 16.2 Å². The van der Waals surface area contributed by atoms with Gasteiger partial charge in [-0.25, -0.2) is 4.98 Å². The number of rotatable bonds is 4. The maximum Gasteiger partial charge on any atom is 0.254 e. The van der Waals surface area contributed by atoms with Gasteiger partial charge in [-0.05, 0) is 25.3 Å². The summed E-state index contributed by atoms with van der Waals surface area (Å²) in [6.07, 6.45) is 3.72. The number of aliphatic hydroxyl groups is 1. The normalized spacial score (nSPS) is 23.0. The van der Waals surface area contributed by atoms with Gasteiger partial charge in [-0.1, -0.05) is 0 Å². The maximum absolute atomic E-state index is 13.2. The Labute approximate surface area is 143 Å². The number of halogens is 1. The summed E-state index contributed by atoms with van der Waals surface area (Å²) in [5, 5.41) is 26.3. The molecule has 0 unspecified atom stereocenters. The van der Waals surface area contributed by atoms with Gasteiger partial charge in [0.2, 0.25) is 5.95 Å². The van der Waals surface area contributed by atoms with E-state index in [4.69, 9.17) is 5.73 Å². The van der Waals surface area contributed by atoms with Gasteiger partial charge in [-0.15, -0.1) is 0 Å². The lowest BCUT2D eigenvalue weighted by molar-refractivity contribution is 0.0861. The zero-order chi connectivity index (χ0) is 18.0. The molecule has 2 heterocycles. The van der Waals surface area contributed by atoms with Crippen LogP contribution in [0.3, 0.4) is 0 Å². The number of nitriles is 1. The van der Waals surface area contributed by atoms with E-state index in [2.05, 4.69) is 21.5 Å². The van der Waals surface area contributed by atoms with E-state index in [9.17, 15) is 19.6 Å². The Morgan fingerprint density at radius 2 is 2.32 bits per heavy atom. The number of hydrogen-bond donors (Lipinski definition) is 3. The topological polar surface area (TPSA) is 130 Å². The third-order valence-electron chi connectivity index (χ3n) is 4.28. The van der Waals surface area contributed by atoms with Crippen molar-refractivity contribution in [3.8, 4) is 6.07 Å². The number of pyridine rings is 1. The average Bonchev–Trinajstić information content (AvgIpc) is 2.98. The van der Waals surface area contributed by atoms with Gasteiger partial charge >= 0.3 is 0 Å². The minimum Gasteiger partial charge on any atom is -0.393 e. The summed E-state index contributed by atoms with van der Waals surface area (Å²) in [6, 6.07) is 4.61. The van der Waals surface area contributed by atoms with Crippen LogP contribution in [0.25, 0.3) is 0 Å². The second-order valence-electron chi connectivity index (χ2n) is 6.00. The van der Waals surface area contributed by atoms with Crippen LogP contribution in [0.4, 0.5) is 15.9 Å². The fraction of sp³-hybridized carbons (Fsp3) is 0.375. The third kappa shape index (κ3) is 3.59. The number of primary amides is 1. The number of carbonyl (C=O) groups is 1. The van der Waals surface area contributed by atoms with Crippen LogP contribution < -0.4 is 11.1 Å². The molecular formula is C16H17FN6O2. The van der Waals surface area contributed by atoms with E-state index < -0.39 is 23.9 Å². The summed E-state index contributed by atoms with van der Waals surface area (Å²) in [4.78, 5) is 15.2. The molecule has 3 atom stereocenters. The number of amides is 1. The van der Waals surface area contributed by atoms with Gasteiger partial charge in [0.15, 0.2) is 5.82 Å². The maximum atomic E-state index is 13.2. The Balaban J connectivity index is 1.92. The monoisotopic (exact) mass is 344 g/mol. The highest BCUT2D eigenvalue weighted by Crippen LogP contribution is 2.34. The molecule has 1 fully saturated rings. The first-order chi connectivity index (χ1) is 12.0. The van der Waals surface area contributed by atoms with E-state index in [1.54, 1.807) is 0 Å². The number of anilines is 2. The van der Waals surface area contributed by atoms with Crippen LogP contribution in [0.5, 0.6) is 0 Å². The highest BCUT2D eigenvalue weighted by atomic mass is 19.1. The Morgan fingerprint density at radius 3 is 3.00 bits per heavy atom. The minimum absolute atomic E-state index is 0.139. The zero-order valence-electron chi connectivity index (χ0n) is 13.3. The summed E-state index contributed by atoms with van der Waals surface area (Å²) < 4.78 is 14.8. The standard InChI is InChI=1S/C16H17FN6O2/c17-14-6-10(3-4-20-14)21-16-12(15(19)25)8-23(22-16)13-2-1-11(24)5-9(13)7-18/h3-4,6,8-9,11,13,24H,1-2,5H2,(H2,19,25)(H,20,21,22)/t9-,11-,13+/m1/s1. The molecule has 0 aromatic carbocycles. The molecule has 130 valence electrons. The molecule has 0 aliphatic heterocycles. The van der Waals surface area contributed by atoms with E-state index in [0.717, 1.165) is 0 Å². The minimum atomic E-state index is -0.687. The quantitative estimate of drug-likeness (QED) is 0.720. The summed E-state index contributed by atoms with van der Waals surface area (Å²) in [7, 11) is 0. The first-order valence-electron chi connectivity index (χ1n) is 7.83. The molecule has 0 radical (unpaired) electrons. The summed E-state index contributed by atoms with van der Waals surface area (Å²) in [5.74, 6) is -1.60. The van der Waals surface area contributed by atoms with Crippen molar-refractivity contribution >= 4 is 17.4 Å². The van der Waals surface area contributed by atoms with E-state index in [1.165, 1.54) is 29.2 Å². The van der Waals surface area contributed by atoms with E-state index in [0.29, 0.717) is 24.9 Å². The van der Waals surface area contributed by atoms with Crippen molar-refractivity contribution in [1.29, 1.82) is 5.26 Å². The Kier molecular flexibility index (Phi) is 4.63. The molecule has 0 spiro atoms. The van der Waals surface area contributed by atoms with Gasteiger partial charge in [-0.2, -0.15) is 14.8 Å². The molecule has 25 heavy (non-hydrogen) atoms. The van der Waals surface area contributed by atoms with Crippen LogP contribution in [0.2, 0.25) is 0 Å². The van der Waals surface area contributed by atoms with Gasteiger partial charge in [0, 0.05) is 24.1 Å². The molecule has 0 saturated heterocycles. The number of hydrogen-bond acceptors (Lipinski definition) is 6. The molecule has 2 aromatic heterocycles. The molecule has 3 rings (SSSR count). The number of aliphatic hydroxyl groups excluding tert-OH is 1. The van der Waals surface area contributed by atoms with Crippen molar-refractivity contribution in [3.63, 3.8) is 0 Å². The molecule has 2 aromatic rings. The average molecular weight is 344 g/mol. The van der Waals surface area contributed by atoms with Gasteiger partial charge in [0.25, 0.3) is 5.91 Å². The molecule has 0 bridgehead atoms. The van der Waals surface area contributed by atoms with Crippen LogP contribution in [0, 0.1) is 23.2 Å². The SMILES string of the molecule is N#C[C@H]1C[C@H](O)CC[C@@H]1n1cc(C(N)=O)c(Nc2ccnc(F)c2)n1. The third-order valence-corrected chi connectivity index (χ3v) is 4.28. The molecule has 9 heteroatoms. The fourth-order valence-corrected chi connectivity index (χ4v) is 3.04. The number of aromatic nitrogens is 3. The van der Waals surface area contributed by atoms with Crippen molar-refractivity contribution in [1.82, 2.24) is 14.8 Å². The van der Waals surface area contributed by atoms with Crippen LogP contribution in [-0.2, 0) is 0 Å². The lowest BCUT2D eigenvalue weighted by atomic mass is 9.84. The van der Waals surface area contributed by atoms with Crippen LogP contribution in [0.1, 0.15) is 35.7 Å². The Bertz CT molecular complexity index is 830. The number of nitrogens with zero attached hydrogens (tertiary/aromatic N) is 4. The number of nitrogens with one attached hydrogen (secondary N) is 1. The molecular weight excluding hydrogens is 327 g/mol. The second kappa shape index (κ2) is 6.86. The van der Waals surface area contributed by atoms with Gasteiger partial charge in [-0.3, -0.25) is 9.48 Å². The number of carbonyl (C=O) groups excluding carboxylic acids is 1. The van der Waals surface area contributed by atoms with Crippen LogP contribution in [0.15, 0.2) is 24.5 Å². The predicted octanol–water partition coefficient (Wildman–Crippen LogP) is 1.49. The summed E-state index contributed by atoms with van der Waals surface area (Å²) >= 11 is 0. The van der Waals surface area contributed by atoms with Crippen molar-refractivity contribution in [2.75, 3.05) is 5.32 Å². The highest BCUT2D eigenvalue weighted by molar-refractivity contribution is 5.98. The molecule has 1 amide bonds. The Hall–Kier alpha value is -2.99. The van der Waals surface area contributed by atoms with Crippen molar-refractivity contribution in [2.24, 2.45) is 11.7 Å². The van der Waals surface area contributed by atoms with E-state index in [-0.39, 0.29) is 17.4 Å². The molecule has 4 N–H and O–H groups in total. The van der Waals surface area contributed by atoms with Crippen molar-refractivity contribution in [3.05, 3.63) is 36.0 Å². The molecule has 1 saturated carbocycles. The van der Waals surface area contributed by atoms with Gasteiger partial charge in [0.05, 0.1) is 24.1 Å². The Morgan fingerprint density at radius 1 is 1.52 bits per heavy atom. The first kappa shape index (κ1) is 16.9. The smallest absolute Gasteiger partial charge is 0.254 e. The fourth-order valence-electron chi connectivity index (χ4n) is 3.04. The van der Waals surface area contributed by atoms with E-state index >= 15 is 0 Å². The molecule has 1 aliphatic carbocycles. The van der Waals surface area contributed by atoms with Gasteiger partial charge in [0.1, 0.15) is 5.56 Å². The zero-order valence-corrected chi connectivity index (χ0v) is 13.3. The largest absolute Gasteiger partial charge is 0.393 e. The second-order valence-corrected chi connectivity index (χ2v) is 6.00. The van der Waals surface area contributed by atoms with Crippen LogP contribution in [-0.4, -0.2) is 31.9 Å². The number of nitrogens with two attached hydrogens (primary N) is 1. The first-order valence-corrected chi connectivity index (χ1v) is 7.83.